The summed E-state index contributed by atoms with van der Waals surface area (Å²) < 4.78 is 2.05. The standard InChI is InChI=1S/C18H24N6O2S/c19-17(26)20-16(25)13-27-18-22-21-15(12-23-9-5-2-6-10-23)24(18)11-14-7-3-1-4-8-14/h1,3-4,7-8H,2,5-6,9-13H2,(H3,19,20,25,26). The van der Waals surface area contributed by atoms with Crippen molar-refractivity contribution >= 4 is 23.7 Å². The molecule has 1 saturated heterocycles. The van der Waals surface area contributed by atoms with Crippen molar-refractivity contribution < 1.29 is 9.59 Å². The molecular formula is C18H24N6O2S. The van der Waals surface area contributed by atoms with Crippen LogP contribution in [-0.4, -0.2) is 50.4 Å². The molecule has 0 atom stereocenters. The maximum Gasteiger partial charge on any atom is 0.318 e. The number of nitrogens with zero attached hydrogens (tertiary/aromatic N) is 4. The summed E-state index contributed by atoms with van der Waals surface area (Å²) in [6.45, 7) is 3.52. The minimum absolute atomic E-state index is 0.0551. The summed E-state index contributed by atoms with van der Waals surface area (Å²) in [4.78, 5) is 24.9. The molecule has 27 heavy (non-hydrogen) atoms. The number of hydrogen-bond donors (Lipinski definition) is 2. The molecule has 0 saturated carbocycles. The molecule has 3 amide bonds. The molecule has 1 aromatic carbocycles. The number of amides is 3. The third kappa shape index (κ3) is 5.80. The van der Waals surface area contributed by atoms with Crippen LogP contribution in [0.3, 0.4) is 0 Å². The number of nitrogens with one attached hydrogen (secondary N) is 1. The molecular weight excluding hydrogens is 364 g/mol. The van der Waals surface area contributed by atoms with Crippen LogP contribution in [0.2, 0.25) is 0 Å². The third-order valence-corrected chi connectivity index (χ3v) is 5.35. The zero-order valence-corrected chi connectivity index (χ0v) is 16.0. The Labute approximate surface area is 162 Å². The minimum atomic E-state index is -0.850. The average molecular weight is 388 g/mol. The van der Waals surface area contributed by atoms with E-state index in [2.05, 4.69) is 32.5 Å². The lowest BCUT2D eigenvalue weighted by Gasteiger charge is -2.26. The Hall–Kier alpha value is -2.39. The predicted molar refractivity (Wildman–Crippen MR) is 103 cm³/mol. The van der Waals surface area contributed by atoms with E-state index in [-0.39, 0.29) is 5.75 Å². The van der Waals surface area contributed by atoms with Gasteiger partial charge in [0.25, 0.3) is 0 Å². The molecule has 3 rings (SSSR count). The first-order chi connectivity index (χ1) is 13.1. The van der Waals surface area contributed by atoms with Gasteiger partial charge in [0.2, 0.25) is 5.91 Å². The summed E-state index contributed by atoms with van der Waals surface area (Å²) in [5.41, 5.74) is 6.12. The van der Waals surface area contributed by atoms with Crippen molar-refractivity contribution in [2.24, 2.45) is 5.73 Å². The molecule has 0 radical (unpaired) electrons. The topological polar surface area (TPSA) is 106 Å². The highest BCUT2D eigenvalue weighted by molar-refractivity contribution is 7.99. The number of benzene rings is 1. The molecule has 9 heteroatoms. The number of hydrogen-bond acceptors (Lipinski definition) is 6. The van der Waals surface area contributed by atoms with Crippen molar-refractivity contribution in [1.82, 2.24) is 25.0 Å². The first-order valence-corrected chi connectivity index (χ1v) is 10.0. The fraction of sp³-hybridized carbons (Fsp3) is 0.444. The van der Waals surface area contributed by atoms with Crippen LogP contribution in [0.25, 0.3) is 0 Å². The molecule has 1 aliphatic rings. The first kappa shape index (κ1) is 19.4. The van der Waals surface area contributed by atoms with Gasteiger partial charge in [0.15, 0.2) is 5.16 Å². The molecule has 2 heterocycles. The molecule has 1 aliphatic heterocycles. The van der Waals surface area contributed by atoms with Crippen LogP contribution in [0.4, 0.5) is 4.79 Å². The average Bonchev–Trinajstić information content (AvgIpc) is 3.03. The van der Waals surface area contributed by atoms with E-state index in [1.54, 1.807) is 0 Å². The van der Waals surface area contributed by atoms with Gasteiger partial charge in [-0.2, -0.15) is 0 Å². The quantitative estimate of drug-likeness (QED) is 0.698. The Bertz CT molecular complexity index is 773. The monoisotopic (exact) mass is 388 g/mol. The fourth-order valence-corrected chi connectivity index (χ4v) is 3.85. The zero-order valence-electron chi connectivity index (χ0n) is 15.1. The van der Waals surface area contributed by atoms with E-state index in [4.69, 9.17) is 5.73 Å². The number of piperidine rings is 1. The Morgan fingerprint density at radius 3 is 2.52 bits per heavy atom. The van der Waals surface area contributed by atoms with Crippen molar-refractivity contribution in [2.75, 3.05) is 18.8 Å². The van der Waals surface area contributed by atoms with Gasteiger partial charge in [-0.25, -0.2) is 4.79 Å². The number of imide groups is 1. The van der Waals surface area contributed by atoms with Crippen LogP contribution in [0.1, 0.15) is 30.7 Å². The SMILES string of the molecule is NC(=O)NC(=O)CSc1nnc(CN2CCCCC2)n1Cc1ccccc1. The van der Waals surface area contributed by atoms with Crippen molar-refractivity contribution in [3.63, 3.8) is 0 Å². The number of carbonyl (C=O) groups excluding carboxylic acids is 2. The number of likely N-dealkylation sites (tertiary alicyclic amines) is 1. The summed E-state index contributed by atoms with van der Waals surface area (Å²) in [6.07, 6.45) is 3.70. The maximum absolute atomic E-state index is 11.7. The second kappa shape index (κ2) is 9.52. The summed E-state index contributed by atoms with van der Waals surface area (Å²) >= 11 is 1.25. The van der Waals surface area contributed by atoms with Crippen molar-refractivity contribution in [3.8, 4) is 0 Å². The number of primary amides is 1. The molecule has 2 aromatic rings. The van der Waals surface area contributed by atoms with Gasteiger partial charge in [0, 0.05) is 0 Å². The molecule has 1 fully saturated rings. The van der Waals surface area contributed by atoms with E-state index in [9.17, 15) is 9.59 Å². The molecule has 8 nitrogen and oxygen atoms in total. The highest BCUT2D eigenvalue weighted by Gasteiger charge is 2.18. The molecule has 1 aromatic heterocycles. The smallest absolute Gasteiger partial charge is 0.318 e. The second-order valence-electron chi connectivity index (χ2n) is 6.51. The van der Waals surface area contributed by atoms with E-state index >= 15 is 0 Å². The van der Waals surface area contributed by atoms with Crippen molar-refractivity contribution in [2.45, 2.75) is 37.5 Å². The van der Waals surface area contributed by atoms with Crippen LogP contribution < -0.4 is 11.1 Å². The normalized spacial score (nSPS) is 14.8. The maximum atomic E-state index is 11.7. The van der Waals surface area contributed by atoms with Crippen molar-refractivity contribution in [1.29, 1.82) is 0 Å². The third-order valence-electron chi connectivity index (χ3n) is 4.39. The Morgan fingerprint density at radius 2 is 1.81 bits per heavy atom. The number of thioether (sulfide) groups is 1. The van der Waals surface area contributed by atoms with Gasteiger partial charge in [-0.3, -0.25) is 15.0 Å². The van der Waals surface area contributed by atoms with Crippen LogP contribution in [0, 0.1) is 0 Å². The van der Waals surface area contributed by atoms with E-state index in [1.807, 2.05) is 22.8 Å². The van der Waals surface area contributed by atoms with Gasteiger partial charge in [-0.15, -0.1) is 10.2 Å². The number of rotatable bonds is 7. The molecule has 0 spiro atoms. The van der Waals surface area contributed by atoms with E-state index < -0.39 is 11.9 Å². The van der Waals surface area contributed by atoms with Gasteiger partial charge in [-0.05, 0) is 31.5 Å². The van der Waals surface area contributed by atoms with E-state index in [1.165, 1.54) is 31.0 Å². The summed E-state index contributed by atoms with van der Waals surface area (Å²) in [6, 6.07) is 9.23. The predicted octanol–water partition coefficient (Wildman–Crippen LogP) is 1.60. The highest BCUT2D eigenvalue weighted by Crippen LogP contribution is 2.20. The number of aromatic nitrogens is 3. The highest BCUT2D eigenvalue weighted by atomic mass is 32.2. The van der Waals surface area contributed by atoms with Gasteiger partial charge in [0.1, 0.15) is 5.82 Å². The second-order valence-corrected chi connectivity index (χ2v) is 7.45. The van der Waals surface area contributed by atoms with E-state index in [0.29, 0.717) is 11.7 Å². The van der Waals surface area contributed by atoms with Crippen LogP contribution in [0.5, 0.6) is 0 Å². The molecule has 144 valence electrons. The van der Waals surface area contributed by atoms with E-state index in [0.717, 1.165) is 31.0 Å². The first-order valence-electron chi connectivity index (χ1n) is 9.02. The van der Waals surface area contributed by atoms with Crippen LogP contribution >= 0.6 is 11.8 Å². The lowest BCUT2D eigenvalue weighted by atomic mass is 10.1. The van der Waals surface area contributed by atoms with Gasteiger partial charge < -0.3 is 10.3 Å². The molecule has 3 N–H and O–H groups in total. The summed E-state index contributed by atoms with van der Waals surface area (Å²) in [5.74, 6) is 0.498. The minimum Gasteiger partial charge on any atom is -0.351 e. The number of carbonyl (C=O) groups is 2. The Balaban J connectivity index is 1.74. The van der Waals surface area contributed by atoms with Gasteiger partial charge in [0.05, 0.1) is 18.8 Å². The van der Waals surface area contributed by atoms with Gasteiger partial charge in [-0.1, -0.05) is 48.5 Å². The number of nitrogens with two attached hydrogens (primary N) is 1. The number of urea groups is 1. The lowest BCUT2D eigenvalue weighted by molar-refractivity contribution is -0.117. The Morgan fingerprint density at radius 1 is 1.07 bits per heavy atom. The van der Waals surface area contributed by atoms with Crippen LogP contribution in [0.15, 0.2) is 35.5 Å². The van der Waals surface area contributed by atoms with Crippen LogP contribution in [-0.2, 0) is 17.9 Å². The Kier molecular flexibility index (Phi) is 6.83. The lowest BCUT2D eigenvalue weighted by Crippen LogP contribution is -2.36. The zero-order chi connectivity index (χ0) is 19.1. The largest absolute Gasteiger partial charge is 0.351 e. The summed E-state index contributed by atoms with van der Waals surface area (Å²) in [5, 5.41) is 11.4. The molecule has 0 aliphatic carbocycles. The summed E-state index contributed by atoms with van der Waals surface area (Å²) in [7, 11) is 0. The molecule has 0 unspecified atom stereocenters. The van der Waals surface area contributed by atoms with Gasteiger partial charge >= 0.3 is 6.03 Å². The molecule has 0 bridgehead atoms. The fourth-order valence-electron chi connectivity index (χ4n) is 3.09. The van der Waals surface area contributed by atoms with Crippen molar-refractivity contribution in [3.05, 3.63) is 41.7 Å².